The van der Waals surface area contributed by atoms with Crippen molar-refractivity contribution in [2.24, 2.45) is 5.41 Å². The molecule has 0 N–H and O–H groups in total. The zero-order chi connectivity index (χ0) is 21.4. The van der Waals surface area contributed by atoms with Crippen LogP contribution < -0.4 is 0 Å². The van der Waals surface area contributed by atoms with Crippen molar-refractivity contribution < 1.29 is 14.3 Å². The molecule has 4 heteroatoms. The van der Waals surface area contributed by atoms with Gasteiger partial charge in [-0.15, -0.1) is 0 Å². The maximum absolute atomic E-state index is 13.8. The number of aryl methyl sites for hydroxylation is 1. The minimum atomic E-state index is -0.752. The summed E-state index contributed by atoms with van der Waals surface area (Å²) in [6.07, 6.45) is 0.0125. The molecule has 29 heavy (non-hydrogen) atoms. The van der Waals surface area contributed by atoms with Gasteiger partial charge < -0.3 is 4.74 Å². The molecular formula is C25H31NO3. The van der Waals surface area contributed by atoms with Gasteiger partial charge in [-0.2, -0.15) is 0 Å². The third-order valence-corrected chi connectivity index (χ3v) is 5.66. The first-order valence-corrected chi connectivity index (χ1v) is 10.2. The van der Waals surface area contributed by atoms with Crippen molar-refractivity contribution in [3.63, 3.8) is 0 Å². The third-order valence-electron chi connectivity index (χ3n) is 5.66. The number of hydrogen-bond donors (Lipinski definition) is 0. The maximum Gasteiger partial charge on any atom is 0.417 e. The number of rotatable bonds is 4. The highest BCUT2D eigenvalue weighted by Gasteiger charge is 2.53. The number of benzene rings is 2. The van der Waals surface area contributed by atoms with E-state index in [1.54, 1.807) is 0 Å². The molecule has 4 nitrogen and oxygen atoms in total. The summed E-state index contributed by atoms with van der Waals surface area (Å²) in [6.45, 7) is 11.9. The Morgan fingerprint density at radius 3 is 2.34 bits per heavy atom. The zero-order valence-electron chi connectivity index (χ0n) is 18.2. The first-order chi connectivity index (χ1) is 13.5. The summed E-state index contributed by atoms with van der Waals surface area (Å²) in [5.74, 6) is -0.637. The van der Waals surface area contributed by atoms with Crippen LogP contribution in [0.15, 0.2) is 54.6 Å². The number of carbonyl (C=O) groups excluding carboxylic acids is 2. The molecule has 1 heterocycles. The lowest BCUT2D eigenvalue weighted by molar-refractivity contribution is -0.133. The van der Waals surface area contributed by atoms with Crippen molar-refractivity contribution in [2.45, 2.75) is 65.5 Å². The molecule has 2 atom stereocenters. The minimum absolute atomic E-state index is 0.195. The van der Waals surface area contributed by atoms with Gasteiger partial charge in [0.15, 0.2) is 0 Å². The van der Waals surface area contributed by atoms with Gasteiger partial charge in [0.05, 0.1) is 12.0 Å². The summed E-state index contributed by atoms with van der Waals surface area (Å²) in [4.78, 5) is 28.0. The van der Waals surface area contributed by atoms with Gasteiger partial charge in [-0.3, -0.25) is 4.79 Å². The van der Waals surface area contributed by atoms with Crippen molar-refractivity contribution in [3.8, 4) is 0 Å². The van der Waals surface area contributed by atoms with Crippen LogP contribution >= 0.6 is 0 Å². The standard InChI is InChI=1S/C25H31NO3/c1-17-11-10-14-19(15-17)21(24(2,3)4)22(27)26-20(25(5,6)29-23(26)28)16-18-12-8-7-9-13-18/h7-15,20-21H,16H2,1-6H3/t20-,21-/m0/s1. The molecule has 1 saturated heterocycles. The first-order valence-electron chi connectivity index (χ1n) is 10.2. The number of hydrogen-bond acceptors (Lipinski definition) is 3. The smallest absolute Gasteiger partial charge is 0.417 e. The van der Waals surface area contributed by atoms with Gasteiger partial charge in [0.1, 0.15) is 5.60 Å². The van der Waals surface area contributed by atoms with Gasteiger partial charge in [-0.1, -0.05) is 80.9 Å². The minimum Gasteiger partial charge on any atom is -0.441 e. The SMILES string of the molecule is Cc1cccc([C@@H](C(=O)N2C(=O)OC(C)(C)[C@@H]2Cc2ccccc2)C(C)(C)C)c1. The summed E-state index contributed by atoms with van der Waals surface area (Å²) >= 11 is 0. The Labute approximate surface area is 173 Å². The number of amides is 2. The Morgan fingerprint density at radius 2 is 1.76 bits per heavy atom. The summed E-state index contributed by atoms with van der Waals surface area (Å²) < 4.78 is 5.66. The molecule has 0 spiro atoms. The summed E-state index contributed by atoms with van der Waals surface area (Å²) in [7, 11) is 0. The molecule has 154 valence electrons. The third kappa shape index (κ3) is 4.36. The Kier molecular flexibility index (Phi) is 5.57. The van der Waals surface area contributed by atoms with Gasteiger partial charge in [0.2, 0.25) is 5.91 Å². The number of imide groups is 1. The second kappa shape index (κ2) is 7.66. The predicted octanol–water partition coefficient (Wildman–Crippen LogP) is 5.49. The van der Waals surface area contributed by atoms with Crippen molar-refractivity contribution in [1.82, 2.24) is 4.90 Å². The molecule has 1 aliphatic heterocycles. The molecular weight excluding hydrogens is 362 g/mol. The monoisotopic (exact) mass is 393 g/mol. The zero-order valence-corrected chi connectivity index (χ0v) is 18.2. The molecule has 0 saturated carbocycles. The summed E-state index contributed by atoms with van der Waals surface area (Å²) in [5.41, 5.74) is 1.99. The van der Waals surface area contributed by atoms with E-state index in [0.717, 1.165) is 16.7 Å². The van der Waals surface area contributed by atoms with Crippen molar-refractivity contribution in [3.05, 3.63) is 71.3 Å². The van der Waals surface area contributed by atoms with E-state index < -0.39 is 17.6 Å². The highest BCUT2D eigenvalue weighted by atomic mass is 16.6. The van der Waals surface area contributed by atoms with E-state index in [2.05, 4.69) is 0 Å². The number of ether oxygens (including phenoxy) is 1. The fraction of sp³-hybridized carbons (Fsp3) is 0.440. The quantitative estimate of drug-likeness (QED) is 0.690. The molecule has 2 aromatic rings. The highest BCUT2D eigenvalue weighted by molar-refractivity contribution is 5.98. The predicted molar refractivity (Wildman–Crippen MR) is 115 cm³/mol. The van der Waals surface area contributed by atoms with Crippen molar-refractivity contribution in [2.75, 3.05) is 0 Å². The van der Waals surface area contributed by atoms with Crippen LogP contribution in [0.2, 0.25) is 0 Å². The normalized spacial score (nSPS) is 19.7. The van der Waals surface area contributed by atoms with Crippen LogP contribution in [0.3, 0.4) is 0 Å². The molecule has 2 amide bonds. The van der Waals surface area contributed by atoms with Crippen molar-refractivity contribution in [1.29, 1.82) is 0 Å². The van der Waals surface area contributed by atoms with Crippen LogP contribution in [-0.4, -0.2) is 28.5 Å². The topological polar surface area (TPSA) is 46.6 Å². The number of cyclic esters (lactones) is 1. The van der Waals surface area contributed by atoms with E-state index in [1.807, 2.05) is 96.1 Å². The van der Waals surface area contributed by atoms with Crippen LogP contribution in [0, 0.1) is 12.3 Å². The van der Waals surface area contributed by atoms with Crippen LogP contribution in [0.1, 0.15) is 57.2 Å². The average molecular weight is 394 g/mol. The van der Waals surface area contributed by atoms with Crippen LogP contribution in [0.5, 0.6) is 0 Å². The van der Waals surface area contributed by atoms with E-state index >= 15 is 0 Å². The Hall–Kier alpha value is -2.62. The Morgan fingerprint density at radius 1 is 1.10 bits per heavy atom. The second-order valence-corrected chi connectivity index (χ2v) is 9.60. The van der Waals surface area contributed by atoms with E-state index in [-0.39, 0.29) is 17.4 Å². The fourth-order valence-corrected chi connectivity index (χ4v) is 4.20. The lowest BCUT2D eigenvalue weighted by atomic mass is 9.75. The molecule has 0 bridgehead atoms. The van der Waals surface area contributed by atoms with Gasteiger partial charge >= 0.3 is 6.09 Å². The van der Waals surface area contributed by atoms with E-state index in [0.29, 0.717) is 6.42 Å². The lowest BCUT2D eigenvalue weighted by Gasteiger charge is -2.35. The summed E-state index contributed by atoms with van der Waals surface area (Å²) in [6, 6.07) is 17.6. The molecule has 1 fully saturated rings. The molecule has 0 aromatic heterocycles. The van der Waals surface area contributed by atoms with Crippen LogP contribution in [0.25, 0.3) is 0 Å². The molecule has 1 aliphatic rings. The maximum atomic E-state index is 13.8. The van der Waals surface area contributed by atoms with E-state index in [1.165, 1.54) is 4.90 Å². The van der Waals surface area contributed by atoms with Gasteiger partial charge in [0.25, 0.3) is 0 Å². The first kappa shape index (κ1) is 21.1. The molecule has 3 rings (SSSR count). The van der Waals surface area contributed by atoms with Gasteiger partial charge in [-0.25, -0.2) is 9.69 Å². The van der Waals surface area contributed by atoms with Crippen LogP contribution in [0.4, 0.5) is 4.79 Å². The molecule has 0 aliphatic carbocycles. The Balaban J connectivity index is 2.01. The molecule has 2 aromatic carbocycles. The van der Waals surface area contributed by atoms with Gasteiger partial charge in [-0.05, 0) is 43.7 Å². The highest BCUT2D eigenvalue weighted by Crippen LogP contribution is 2.41. The van der Waals surface area contributed by atoms with Crippen LogP contribution in [-0.2, 0) is 16.0 Å². The van der Waals surface area contributed by atoms with Crippen molar-refractivity contribution >= 4 is 12.0 Å². The second-order valence-electron chi connectivity index (χ2n) is 9.60. The molecule has 0 unspecified atom stereocenters. The van der Waals surface area contributed by atoms with E-state index in [9.17, 15) is 9.59 Å². The number of carbonyl (C=O) groups is 2. The van der Waals surface area contributed by atoms with Gasteiger partial charge in [0, 0.05) is 0 Å². The lowest BCUT2D eigenvalue weighted by Crippen LogP contribution is -2.49. The fourth-order valence-electron chi connectivity index (χ4n) is 4.20. The number of nitrogens with zero attached hydrogens (tertiary/aromatic N) is 1. The summed E-state index contributed by atoms with van der Waals surface area (Å²) in [5, 5.41) is 0. The Bertz CT molecular complexity index is 896. The largest absolute Gasteiger partial charge is 0.441 e. The average Bonchev–Trinajstić information content (AvgIpc) is 2.83. The van der Waals surface area contributed by atoms with E-state index in [4.69, 9.17) is 4.74 Å². The molecule has 0 radical (unpaired) electrons.